The lowest BCUT2D eigenvalue weighted by Gasteiger charge is -2.18. The quantitative estimate of drug-likeness (QED) is 0.177. The van der Waals surface area contributed by atoms with E-state index in [9.17, 15) is 9.59 Å². The van der Waals surface area contributed by atoms with Gasteiger partial charge in [-0.05, 0) is 60.1 Å². The molecule has 46 heavy (non-hydrogen) atoms. The monoisotopic (exact) mass is 638 g/mol. The second kappa shape index (κ2) is 13.1. The number of rotatable bonds is 10. The molecule has 0 atom stereocenters. The molecule has 234 valence electrons. The third kappa shape index (κ3) is 5.96. The summed E-state index contributed by atoms with van der Waals surface area (Å²) in [6.45, 7) is 0.577. The SMILES string of the molecule is CNc1ccc(-c2sc3c(c2CN(C)Cc2ccccc2)c(=O)n(-c2cccc(OC)c2)c(=O)n3Cc2c(F)cccc2F)cc1. The predicted octanol–water partition coefficient (Wildman–Crippen LogP) is 6.89. The summed E-state index contributed by atoms with van der Waals surface area (Å²) in [5.74, 6) is -1.10. The second-order valence-corrected chi connectivity index (χ2v) is 12.0. The Bertz CT molecular complexity index is 2120. The Hall–Kier alpha value is -5.06. The summed E-state index contributed by atoms with van der Waals surface area (Å²) in [6, 6.07) is 28.0. The molecule has 0 bridgehead atoms. The number of halogens is 2. The number of benzene rings is 4. The van der Waals surface area contributed by atoms with E-state index in [0.717, 1.165) is 44.0 Å². The van der Waals surface area contributed by atoms with Gasteiger partial charge in [-0.1, -0.05) is 54.6 Å². The topological polar surface area (TPSA) is 68.5 Å². The van der Waals surface area contributed by atoms with E-state index in [-0.39, 0.29) is 11.3 Å². The third-order valence-electron chi connectivity index (χ3n) is 7.92. The van der Waals surface area contributed by atoms with E-state index in [2.05, 4.69) is 10.2 Å². The number of anilines is 1. The molecule has 0 saturated heterocycles. The van der Waals surface area contributed by atoms with Crippen LogP contribution in [0.3, 0.4) is 0 Å². The highest BCUT2D eigenvalue weighted by molar-refractivity contribution is 7.22. The second-order valence-electron chi connectivity index (χ2n) is 11.0. The summed E-state index contributed by atoms with van der Waals surface area (Å²) in [6.07, 6.45) is 0. The van der Waals surface area contributed by atoms with Gasteiger partial charge in [-0.25, -0.2) is 18.1 Å². The van der Waals surface area contributed by atoms with E-state index in [1.54, 1.807) is 24.3 Å². The first kappa shape index (κ1) is 30.9. The van der Waals surface area contributed by atoms with E-state index in [1.807, 2.05) is 68.7 Å². The average Bonchev–Trinajstić information content (AvgIpc) is 3.43. The minimum absolute atomic E-state index is 0.266. The molecule has 0 saturated carbocycles. The van der Waals surface area contributed by atoms with Crippen molar-refractivity contribution in [2.45, 2.75) is 19.6 Å². The van der Waals surface area contributed by atoms with Gasteiger partial charge < -0.3 is 10.1 Å². The molecular formula is C36H32F2N4O3S. The van der Waals surface area contributed by atoms with E-state index in [0.29, 0.717) is 29.1 Å². The average molecular weight is 639 g/mol. The molecule has 0 aliphatic rings. The van der Waals surface area contributed by atoms with Gasteiger partial charge in [-0.2, -0.15) is 0 Å². The molecule has 4 aromatic carbocycles. The zero-order valence-electron chi connectivity index (χ0n) is 25.6. The number of methoxy groups -OCH3 is 1. The number of nitrogens with zero attached hydrogens (tertiary/aromatic N) is 3. The lowest BCUT2D eigenvalue weighted by Crippen LogP contribution is -2.39. The Kier molecular flexibility index (Phi) is 8.83. The largest absolute Gasteiger partial charge is 0.497 e. The van der Waals surface area contributed by atoms with Gasteiger partial charge in [-0.3, -0.25) is 14.3 Å². The zero-order chi connectivity index (χ0) is 32.4. The summed E-state index contributed by atoms with van der Waals surface area (Å²) in [4.78, 5) is 32.0. The standard InChI is InChI=1S/C36H32F2N4O3S/c1-39-25-17-15-24(16-18-25)33-29(21-40(2)20-23-9-5-4-6-10-23)32-34(43)42(26-11-7-12-27(19-26)45-3)36(44)41(35(32)46-33)22-28-30(37)13-8-14-31(28)38/h4-19,39H,20-22H2,1-3H3. The van der Waals surface area contributed by atoms with Gasteiger partial charge in [0, 0.05) is 42.3 Å². The summed E-state index contributed by atoms with van der Waals surface area (Å²) < 4.78 is 37.8. The van der Waals surface area contributed by atoms with Crippen molar-refractivity contribution in [3.8, 4) is 21.9 Å². The highest BCUT2D eigenvalue weighted by Gasteiger charge is 2.26. The van der Waals surface area contributed by atoms with Crippen molar-refractivity contribution in [1.29, 1.82) is 0 Å². The summed E-state index contributed by atoms with van der Waals surface area (Å²) in [7, 11) is 5.30. The lowest BCUT2D eigenvalue weighted by molar-refractivity contribution is 0.321. The molecule has 0 amide bonds. The van der Waals surface area contributed by atoms with Crippen molar-refractivity contribution in [2.24, 2.45) is 0 Å². The molecule has 2 heterocycles. The summed E-state index contributed by atoms with van der Waals surface area (Å²) in [5, 5.41) is 3.44. The Balaban J connectivity index is 1.65. The number of hydrogen-bond donors (Lipinski definition) is 1. The minimum Gasteiger partial charge on any atom is -0.497 e. The molecule has 2 aromatic heterocycles. The highest BCUT2D eigenvalue weighted by Crippen LogP contribution is 2.39. The first-order valence-corrected chi connectivity index (χ1v) is 15.5. The van der Waals surface area contributed by atoms with Crippen LogP contribution in [0.4, 0.5) is 14.5 Å². The molecule has 6 aromatic rings. The molecule has 0 radical (unpaired) electrons. The first-order valence-electron chi connectivity index (χ1n) is 14.7. The molecule has 7 nitrogen and oxygen atoms in total. The Morgan fingerprint density at radius 3 is 2.22 bits per heavy atom. The molecule has 6 rings (SSSR count). The molecule has 0 aliphatic carbocycles. The number of fused-ring (bicyclic) bond motifs is 1. The van der Waals surface area contributed by atoms with E-state index in [4.69, 9.17) is 4.74 Å². The molecule has 0 spiro atoms. The van der Waals surface area contributed by atoms with Crippen LogP contribution in [0, 0.1) is 11.6 Å². The molecular weight excluding hydrogens is 606 g/mol. The van der Waals surface area contributed by atoms with Crippen LogP contribution < -0.4 is 21.3 Å². The van der Waals surface area contributed by atoms with Gasteiger partial charge in [0.25, 0.3) is 5.56 Å². The van der Waals surface area contributed by atoms with Gasteiger partial charge >= 0.3 is 5.69 Å². The van der Waals surface area contributed by atoms with Crippen LogP contribution >= 0.6 is 11.3 Å². The van der Waals surface area contributed by atoms with Crippen LogP contribution in [0.1, 0.15) is 16.7 Å². The van der Waals surface area contributed by atoms with Crippen molar-refractivity contribution in [2.75, 3.05) is 26.5 Å². The predicted molar refractivity (Wildman–Crippen MR) is 180 cm³/mol. The maximum atomic E-state index is 15.0. The molecule has 10 heteroatoms. The van der Waals surface area contributed by atoms with Gasteiger partial charge in [-0.15, -0.1) is 11.3 Å². The first-order chi connectivity index (χ1) is 22.3. The highest BCUT2D eigenvalue weighted by atomic mass is 32.1. The fraction of sp³-hybridized carbons (Fsp3) is 0.167. The van der Waals surface area contributed by atoms with Crippen LogP contribution in [0.5, 0.6) is 5.75 Å². The number of aromatic nitrogens is 2. The van der Waals surface area contributed by atoms with Crippen molar-refractivity contribution >= 4 is 27.2 Å². The summed E-state index contributed by atoms with van der Waals surface area (Å²) >= 11 is 1.27. The van der Waals surface area contributed by atoms with Crippen molar-refractivity contribution in [3.63, 3.8) is 0 Å². The van der Waals surface area contributed by atoms with Crippen molar-refractivity contribution in [3.05, 3.63) is 146 Å². The van der Waals surface area contributed by atoms with Crippen molar-refractivity contribution < 1.29 is 13.5 Å². The maximum Gasteiger partial charge on any atom is 0.337 e. The zero-order valence-corrected chi connectivity index (χ0v) is 26.4. The molecule has 0 aliphatic heterocycles. The van der Waals surface area contributed by atoms with Gasteiger partial charge in [0.2, 0.25) is 0 Å². The third-order valence-corrected chi connectivity index (χ3v) is 9.23. The molecule has 0 unspecified atom stereocenters. The van der Waals surface area contributed by atoms with Crippen molar-refractivity contribution in [1.82, 2.24) is 14.0 Å². The lowest BCUT2D eigenvalue weighted by atomic mass is 10.1. The Morgan fingerprint density at radius 1 is 0.848 bits per heavy atom. The smallest absolute Gasteiger partial charge is 0.337 e. The molecule has 1 N–H and O–H groups in total. The maximum absolute atomic E-state index is 15.0. The van der Waals surface area contributed by atoms with Gasteiger partial charge in [0.15, 0.2) is 0 Å². The fourth-order valence-corrected chi connectivity index (χ4v) is 6.92. The number of hydrogen-bond acceptors (Lipinski definition) is 6. The van der Waals surface area contributed by atoms with Gasteiger partial charge in [0.1, 0.15) is 22.2 Å². The van der Waals surface area contributed by atoms with Gasteiger partial charge in [0.05, 0.1) is 24.7 Å². The van der Waals surface area contributed by atoms with Crippen LogP contribution in [0.25, 0.3) is 26.3 Å². The van der Waals surface area contributed by atoms with Crippen LogP contribution in [-0.2, 0) is 19.6 Å². The molecule has 0 fully saturated rings. The Labute approximate surface area is 268 Å². The normalized spacial score (nSPS) is 11.3. The summed E-state index contributed by atoms with van der Waals surface area (Å²) in [5.41, 5.74) is 2.38. The fourth-order valence-electron chi connectivity index (χ4n) is 5.62. The Morgan fingerprint density at radius 2 is 1.54 bits per heavy atom. The van der Waals surface area contributed by atoms with E-state index < -0.39 is 29.4 Å². The minimum atomic E-state index is -0.776. The number of nitrogens with one attached hydrogen (secondary N) is 1. The number of thiophene rings is 1. The van der Waals surface area contributed by atoms with Crippen LogP contribution in [-0.4, -0.2) is 35.2 Å². The van der Waals surface area contributed by atoms with E-state index >= 15 is 8.78 Å². The van der Waals surface area contributed by atoms with Crippen LogP contribution in [0.2, 0.25) is 0 Å². The number of ether oxygens (including phenoxy) is 1. The van der Waals surface area contributed by atoms with Crippen LogP contribution in [0.15, 0.2) is 107 Å². The van der Waals surface area contributed by atoms with E-state index in [1.165, 1.54) is 29.1 Å².